The predicted octanol–water partition coefficient (Wildman–Crippen LogP) is 0.930. The Morgan fingerprint density at radius 2 is 1.81 bits per heavy atom. The maximum Gasteiger partial charge on any atom is 0.262 e. The third-order valence-electron chi connectivity index (χ3n) is 5.55. The molecule has 3 aliphatic heterocycles. The van der Waals surface area contributed by atoms with E-state index >= 15 is 0 Å². The minimum atomic E-state index is -0.916. The van der Waals surface area contributed by atoms with Gasteiger partial charge in [-0.3, -0.25) is 29.4 Å². The Hall–Kier alpha value is -2.54. The van der Waals surface area contributed by atoms with E-state index in [4.69, 9.17) is 0 Å². The molecule has 27 heavy (non-hydrogen) atoms. The average molecular weight is 368 g/mol. The number of nitrogens with one attached hydrogen (secondary N) is 1. The van der Waals surface area contributed by atoms with Gasteiger partial charge in [0.1, 0.15) is 6.04 Å². The van der Waals surface area contributed by atoms with Crippen LogP contribution in [0, 0.1) is 6.42 Å². The molecule has 3 aliphatic rings. The van der Waals surface area contributed by atoms with Gasteiger partial charge in [0, 0.05) is 13.0 Å². The number of hydrogen-bond acceptors (Lipinski definition) is 5. The smallest absolute Gasteiger partial charge is 0.262 e. The van der Waals surface area contributed by atoms with Crippen molar-refractivity contribution < 1.29 is 19.2 Å². The molecule has 4 rings (SSSR count). The molecule has 0 aliphatic carbocycles. The summed E-state index contributed by atoms with van der Waals surface area (Å²) in [6.07, 6.45) is 5.43. The fourth-order valence-electron chi connectivity index (χ4n) is 4.10. The maximum atomic E-state index is 13.0. The molecule has 2 fully saturated rings. The molecular weight excluding hydrogens is 346 g/mol. The quantitative estimate of drug-likeness (QED) is 0.799. The van der Waals surface area contributed by atoms with E-state index in [0.717, 1.165) is 42.9 Å². The molecule has 1 unspecified atom stereocenters. The van der Waals surface area contributed by atoms with Gasteiger partial charge in [-0.2, -0.15) is 0 Å². The van der Waals surface area contributed by atoms with Crippen LogP contribution in [-0.4, -0.2) is 59.1 Å². The van der Waals surface area contributed by atoms with Crippen molar-refractivity contribution in [3.63, 3.8) is 0 Å². The Kier molecular flexibility index (Phi) is 4.78. The summed E-state index contributed by atoms with van der Waals surface area (Å²) in [7, 11) is 0. The number of hydrogen-bond donors (Lipinski definition) is 1. The van der Waals surface area contributed by atoms with E-state index in [1.54, 1.807) is 12.1 Å². The molecule has 1 N–H and O–H groups in total. The zero-order chi connectivity index (χ0) is 19.0. The number of carbonyl (C=O) groups excluding carboxylic acids is 4. The Labute approximate surface area is 157 Å². The highest BCUT2D eigenvalue weighted by atomic mass is 16.2. The summed E-state index contributed by atoms with van der Waals surface area (Å²) in [5.41, 5.74) is 1.61. The lowest BCUT2D eigenvalue weighted by Gasteiger charge is -2.28. The van der Waals surface area contributed by atoms with Crippen LogP contribution >= 0.6 is 0 Å². The van der Waals surface area contributed by atoms with Gasteiger partial charge >= 0.3 is 0 Å². The number of amides is 4. The monoisotopic (exact) mass is 368 g/mol. The molecule has 0 aromatic heterocycles. The molecular formula is C20H22N3O4. The standard InChI is InChI=1S/C20H22N3O4/c24-16-8-7-15(18(25)21-16)23-19(26)14-6-4-5-13(17(14)20(23)27)9-12-22-10-2-1-3-11-22/h1,4-6,15H,2-3,7-12H2,(H,21,24,25). The lowest BCUT2D eigenvalue weighted by Crippen LogP contribution is -2.54. The molecule has 141 valence electrons. The fraction of sp³-hybridized carbons (Fsp3) is 0.450. The summed E-state index contributed by atoms with van der Waals surface area (Å²) in [5, 5.41) is 2.22. The molecule has 7 heteroatoms. The minimum absolute atomic E-state index is 0.128. The number of carbonyl (C=O) groups is 4. The minimum Gasteiger partial charge on any atom is -0.303 e. The van der Waals surface area contributed by atoms with Crippen LogP contribution in [0.2, 0.25) is 0 Å². The van der Waals surface area contributed by atoms with E-state index in [-0.39, 0.29) is 18.7 Å². The number of imide groups is 2. The van der Waals surface area contributed by atoms with Crippen LogP contribution in [-0.2, 0) is 16.0 Å². The Bertz CT molecular complexity index is 813. The lowest BCUT2D eigenvalue weighted by atomic mass is 9.99. The number of rotatable bonds is 4. The van der Waals surface area contributed by atoms with Crippen molar-refractivity contribution in [3.05, 3.63) is 41.3 Å². The summed E-state index contributed by atoms with van der Waals surface area (Å²) in [4.78, 5) is 52.8. The first-order chi connectivity index (χ1) is 13.1. The molecule has 1 radical (unpaired) electrons. The molecule has 1 atom stereocenters. The van der Waals surface area contributed by atoms with Crippen molar-refractivity contribution >= 4 is 23.6 Å². The molecule has 7 nitrogen and oxygen atoms in total. The summed E-state index contributed by atoms with van der Waals surface area (Å²) in [5.74, 6) is -1.81. The number of nitrogens with zero attached hydrogens (tertiary/aromatic N) is 2. The molecule has 4 amide bonds. The predicted molar refractivity (Wildman–Crippen MR) is 96.8 cm³/mol. The van der Waals surface area contributed by atoms with Crippen LogP contribution in [0.3, 0.4) is 0 Å². The van der Waals surface area contributed by atoms with Gasteiger partial charge in [0.2, 0.25) is 11.8 Å². The van der Waals surface area contributed by atoms with Gasteiger partial charge in [-0.05, 0) is 56.8 Å². The molecule has 0 spiro atoms. The maximum absolute atomic E-state index is 13.0. The van der Waals surface area contributed by atoms with Gasteiger partial charge in [-0.25, -0.2) is 0 Å². The highest BCUT2D eigenvalue weighted by Gasteiger charge is 2.45. The summed E-state index contributed by atoms with van der Waals surface area (Å²) >= 11 is 0. The molecule has 2 saturated heterocycles. The summed E-state index contributed by atoms with van der Waals surface area (Å²) in [6.45, 7) is 2.87. The number of benzene rings is 1. The second kappa shape index (κ2) is 7.23. The highest BCUT2D eigenvalue weighted by molar-refractivity contribution is 6.24. The van der Waals surface area contributed by atoms with Crippen LogP contribution in [0.5, 0.6) is 0 Å². The highest BCUT2D eigenvalue weighted by Crippen LogP contribution is 2.30. The second-order valence-electron chi connectivity index (χ2n) is 7.24. The van der Waals surface area contributed by atoms with Crippen molar-refractivity contribution in [3.8, 4) is 0 Å². The molecule has 1 aromatic carbocycles. The van der Waals surface area contributed by atoms with Crippen LogP contribution in [0.4, 0.5) is 0 Å². The zero-order valence-corrected chi connectivity index (χ0v) is 15.1. The lowest BCUT2D eigenvalue weighted by molar-refractivity contribution is -0.136. The van der Waals surface area contributed by atoms with Crippen molar-refractivity contribution in [2.45, 2.75) is 38.1 Å². The molecule has 1 aromatic rings. The van der Waals surface area contributed by atoms with E-state index in [2.05, 4.69) is 16.6 Å². The van der Waals surface area contributed by atoms with E-state index in [0.29, 0.717) is 17.5 Å². The number of likely N-dealkylation sites (tertiary alicyclic amines) is 1. The Morgan fingerprint density at radius 3 is 2.56 bits per heavy atom. The van der Waals surface area contributed by atoms with Gasteiger partial charge < -0.3 is 4.90 Å². The van der Waals surface area contributed by atoms with Gasteiger partial charge in [0.05, 0.1) is 11.1 Å². The molecule has 3 heterocycles. The fourth-order valence-corrected chi connectivity index (χ4v) is 4.10. The van der Waals surface area contributed by atoms with Crippen molar-refractivity contribution in [2.24, 2.45) is 0 Å². The van der Waals surface area contributed by atoms with Crippen molar-refractivity contribution in [1.29, 1.82) is 0 Å². The van der Waals surface area contributed by atoms with Crippen molar-refractivity contribution in [2.75, 3.05) is 19.6 Å². The van der Waals surface area contributed by atoms with E-state index < -0.39 is 23.8 Å². The third-order valence-corrected chi connectivity index (χ3v) is 5.55. The first-order valence-electron chi connectivity index (χ1n) is 9.44. The second-order valence-corrected chi connectivity index (χ2v) is 7.24. The largest absolute Gasteiger partial charge is 0.303 e. The van der Waals surface area contributed by atoms with Gasteiger partial charge in [0.25, 0.3) is 11.8 Å². The van der Waals surface area contributed by atoms with Crippen LogP contribution in [0.25, 0.3) is 0 Å². The van der Waals surface area contributed by atoms with E-state index in [1.165, 1.54) is 0 Å². The molecule has 0 saturated carbocycles. The summed E-state index contributed by atoms with van der Waals surface area (Å²) < 4.78 is 0. The van der Waals surface area contributed by atoms with Crippen molar-refractivity contribution in [1.82, 2.24) is 15.1 Å². The van der Waals surface area contributed by atoms with Crippen LogP contribution < -0.4 is 5.32 Å². The Morgan fingerprint density at radius 1 is 1.04 bits per heavy atom. The van der Waals surface area contributed by atoms with Gasteiger partial charge in [-0.1, -0.05) is 12.1 Å². The molecule has 0 bridgehead atoms. The first kappa shape index (κ1) is 17.9. The topological polar surface area (TPSA) is 86.8 Å². The average Bonchev–Trinajstić information content (AvgIpc) is 2.93. The van der Waals surface area contributed by atoms with Gasteiger partial charge in [-0.15, -0.1) is 0 Å². The Balaban J connectivity index is 1.55. The van der Waals surface area contributed by atoms with E-state index in [9.17, 15) is 19.2 Å². The first-order valence-corrected chi connectivity index (χ1v) is 9.44. The van der Waals surface area contributed by atoms with Crippen LogP contribution in [0.1, 0.15) is 52.0 Å². The summed E-state index contributed by atoms with van der Waals surface area (Å²) in [6, 6.07) is 4.40. The third kappa shape index (κ3) is 3.27. The van der Waals surface area contributed by atoms with Gasteiger partial charge in [0.15, 0.2) is 0 Å². The number of fused-ring (bicyclic) bond motifs is 1. The zero-order valence-electron chi connectivity index (χ0n) is 15.1. The van der Waals surface area contributed by atoms with Crippen LogP contribution in [0.15, 0.2) is 18.2 Å². The number of piperidine rings is 2. The normalized spacial score (nSPS) is 23.6. The SMILES string of the molecule is O=C1CCC(N2C(=O)c3cccc(CCN4CC[CH]CC4)c3C2=O)C(=O)N1. The van der Waals surface area contributed by atoms with E-state index in [1.807, 2.05) is 6.07 Å².